The van der Waals surface area contributed by atoms with Crippen molar-refractivity contribution in [2.45, 2.75) is 6.92 Å². The molecule has 0 fully saturated rings. The summed E-state index contributed by atoms with van der Waals surface area (Å²) in [6, 6.07) is 34.5. The summed E-state index contributed by atoms with van der Waals surface area (Å²) in [7, 11) is 0. The Kier molecular flexibility index (Phi) is 3.84. The number of nitrogens with zero attached hydrogens (tertiary/aromatic N) is 2. The molecule has 0 atom stereocenters. The Morgan fingerprint density at radius 1 is 0.722 bits per heavy atom. The highest BCUT2D eigenvalue weighted by atomic mass is 16.4. The van der Waals surface area contributed by atoms with Crippen LogP contribution in [0.5, 0.6) is 0 Å². The first-order valence-corrected chi connectivity index (χ1v) is 12.1. The molecule has 0 spiro atoms. The molecule has 0 N–H and O–H groups in total. The number of aromatic nitrogens is 2. The zero-order chi connectivity index (χ0) is 23.8. The Labute approximate surface area is 206 Å². The van der Waals surface area contributed by atoms with Gasteiger partial charge in [0.05, 0.1) is 22.7 Å². The van der Waals surface area contributed by atoms with Gasteiger partial charge in [-0.2, -0.15) is 4.98 Å². The monoisotopic (exact) mass is 464 g/mol. The predicted molar refractivity (Wildman–Crippen MR) is 146 cm³/mol. The zero-order valence-electron chi connectivity index (χ0n) is 19.5. The van der Waals surface area contributed by atoms with Crippen molar-refractivity contribution in [3.8, 4) is 17.1 Å². The number of rotatable bonds is 2. The lowest BCUT2D eigenvalue weighted by Crippen LogP contribution is -1.94. The number of oxazole rings is 1. The lowest BCUT2D eigenvalue weighted by molar-refractivity contribution is 0.576. The van der Waals surface area contributed by atoms with Gasteiger partial charge in [0.1, 0.15) is 11.1 Å². The second kappa shape index (κ2) is 7.09. The molecule has 0 saturated heterocycles. The Bertz CT molecular complexity index is 2110. The molecule has 4 heteroatoms. The van der Waals surface area contributed by atoms with Gasteiger partial charge in [0, 0.05) is 10.8 Å². The largest absolute Gasteiger partial charge is 0.464 e. The van der Waals surface area contributed by atoms with Gasteiger partial charge in [-0.3, -0.25) is 4.57 Å². The van der Waals surface area contributed by atoms with Gasteiger partial charge in [-0.1, -0.05) is 66.7 Å². The number of hydrogen-bond donors (Lipinski definition) is 0. The van der Waals surface area contributed by atoms with Crippen LogP contribution in [0.1, 0.15) is 5.56 Å². The van der Waals surface area contributed by atoms with Gasteiger partial charge in [0.2, 0.25) is 0 Å². The van der Waals surface area contributed by atoms with Crippen molar-refractivity contribution in [3.05, 3.63) is 109 Å². The Balaban J connectivity index is 1.54. The number of fused-ring (bicyclic) bond motifs is 7. The molecule has 4 nitrogen and oxygen atoms in total. The van der Waals surface area contributed by atoms with E-state index < -0.39 is 0 Å². The minimum Gasteiger partial charge on any atom is -0.464 e. The molecular formula is C32H20N2O2. The van der Waals surface area contributed by atoms with Crippen LogP contribution in [0.2, 0.25) is 0 Å². The van der Waals surface area contributed by atoms with Gasteiger partial charge in [-0.05, 0) is 64.7 Å². The van der Waals surface area contributed by atoms with Crippen LogP contribution in [0.3, 0.4) is 0 Å². The van der Waals surface area contributed by atoms with Crippen LogP contribution in [0.25, 0.3) is 71.8 Å². The van der Waals surface area contributed by atoms with Crippen molar-refractivity contribution in [3.63, 3.8) is 0 Å². The fourth-order valence-corrected chi connectivity index (χ4v) is 5.56. The summed E-state index contributed by atoms with van der Waals surface area (Å²) in [5.41, 5.74) is 7.92. The van der Waals surface area contributed by atoms with Crippen LogP contribution in [0.15, 0.2) is 112 Å². The van der Waals surface area contributed by atoms with Gasteiger partial charge in [-0.15, -0.1) is 0 Å². The number of furan rings is 1. The molecule has 0 aliphatic rings. The van der Waals surface area contributed by atoms with E-state index in [4.69, 9.17) is 13.8 Å². The molecule has 5 aromatic carbocycles. The standard InChI is InChI=1S/C32H20N2O2/c1-19-18-35-28-15-14-25-31(29(19)28)36-32(33-25)34-26-13-7-12-23(20-8-3-2-4-9-20)30(26)24-16-21-10-5-6-11-22(21)17-27(24)34/h2-18H,1H3. The van der Waals surface area contributed by atoms with Crippen LogP contribution in [-0.4, -0.2) is 9.55 Å². The number of aryl methyl sites for hydroxylation is 1. The molecule has 0 saturated carbocycles. The molecule has 3 aromatic heterocycles. The molecule has 8 aromatic rings. The summed E-state index contributed by atoms with van der Waals surface area (Å²) in [5, 5.41) is 5.73. The Morgan fingerprint density at radius 2 is 1.53 bits per heavy atom. The molecular weight excluding hydrogens is 444 g/mol. The average Bonchev–Trinajstić information content (AvgIpc) is 3.60. The van der Waals surface area contributed by atoms with Crippen LogP contribution < -0.4 is 0 Å². The molecule has 36 heavy (non-hydrogen) atoms. The van der Waals surface area contributed by atoms with Gasteiger partial charge in [0.25, 0.3) is 0 Å². The summed E-state index contributed by atoms with van der Waals surface area (Å²) in [6.07, 6.45) is 1.77. The second-order valence-corrected chi connectivity index (χ2v) is 9.32. The van der Waals surface area contributed by atoms with Crippen molar-refractivity contribution in [1.29, 1.82) is 0 Å². The summed E-state index contributed by atoms with van der Waals surface area (Å²) >= 11 is 0. The fourth-order valence-electron chi connectivity index (χ4n) is 5.56. The maximum Gasteiger partial charge on any atom is 0.307 e. The number of benzene rings is 5. The average molecular weight is 465 g/mol. The van der Waals surface area contributed by atoms with E-state index in [1.54, 1.807) is 6.26 Å². The first-order valence-electron chi connectivity index (χ1n) is 12.1. The van der Waals surface area contributed by atoms with Crippen molar-refractivity contribution in [2.75, 3.05) is 0 Å². The fraction of sp³-hybridized carbons (Fsp3) is 0.0312. The van der Waals surface area contributed by atoms with E-state index in [2.05, 4.69) is 89.5 Å². The van der Waals surface area contributed by atoms with Gasteiger partial charge < -0.3 is 8.83 Å². The third-order valence-electron chi connectivity index (χ3n) is 7.20. The first-order chi connectivity index (χ1) is 17.8. The Hall–Kier alpha value is -4.83. The molecule has 0 aliphatic heterocycles. The van der Waals surface area contributed by atoms with Crippen molar-refractivity contribution < 1.29 is 8.83 Å². The minimum atomic E-state index is 0.554. The second-order valence-electron chi connectivity index (χ2n) is 9.32. The molecule has 0 amide bonds. The Morgan fingerprint density at radius 3 is 2.39 bits per heavy atom. The topological polar surface area (TPSA) is 44.1 Å². The highest BCUT2D eigenvalue weighted by Crippen LogP contribution is 2.41. The van der Waals surface area contributed by atoms with Crippen molar-refractivity contribution >= 4 is 54.6 Å². The smallest absolute Gasteiger partial charge is 0.307 e. The van der Waals surface area contributed by atoms with Crippen molar-refractivity contribution in [1.82, 2.24) is 9.55 Å². The van der Waals surface area contributed by atoms with Crippen molar-refractivity contribution in [2.24, 2.45) is 0 Å². The van der Waals surface area contributed by atoms with E-state index >= 15 is 0 Å². The van der Waals surface area contributed by atoms with Crippen LogP contribution in [-0.2, 0) is 0 Å². The zero-order valence-corrected chi connectivity index (χ0v) is 19.5. The summed E-state index contributed by atoms with van der Waals surface area (Å²) in [6.45, 7) is 2.03. The van der Waals surface area contributed by atoms with Gasteiger partial charge in [-0.25, -0.2) is 0 Å². The third-order valence-corrected chi connectivity index (χ3v) is 7.20. The van der Waals surface area contributed by atoms with E-state index in [0.29, 0.717) is 6.01 Å². The summed E-state index contributed by atoms with van der Waals surface area (Å²) in [5.74, 6) is 0. The van der Waals surface area contributed by atoms with E-state index in [-0.39, 0.29) is 0 Å². The lowest BCUT2D eigenvalue weighted by atomic mass is 9.98. The van der Waals surface area contributed by atoms with Crippen LogP contribution in [0, 0.1) is 6.92 Å². The molecule has 0 aliphatic carbocycles. The quantitative estimate of drug-likeness (QED) is 0.257. The maximum absolute atomic E-state index is 6.53. The molecule has 170 valence electrons. The lowest BCUT2D eigenvalue weighted by Gasteiger charge is -2.05. The highest BCUT2D eigenvalue weighted by Gasteiger charge is 2.21. The van der Waals surface area contributed by atoms with Crippen LogP contribution in [0.4, 0.5) is 0 Å². The van der Waals surface area contributed by atoms with Gasteiger partial charge in [0.15, 0.2) is 5.58 Å². The molecule has 0 bridgehead atoms. The normalized spacial score (nSPS) is 12.0. The molecule has 8 rings (SSSR count). The molecule has 0 radical (unpaired) electrons. The molecule has 3 heterocycles. The van der Waals surface area contributed by atoms with E-state index in [1.165, 1.54) is 32.7 Å². The SMILES string of the molecule is Cc1coc2ccc3nc(-n4c5cc6ccccc6cc5c5c(-c6ccccc6)cccc54)oc3c12. The summed E-state index contributed by atoms with van der Waals surface area (Å²) in [4.78, 5) is 4.96. The molecule has 0 unspecified atom stereocenters. The highest BCUT2D eigenvalue weighted by molar-refractivity contribution is 6.18. The van der Waals surface area contributed by atoms with E-state index in [1.807, 2.05) is 19.1 Å². The van der Waals surface area contributed by atoms with E-state index in [9.17, 15) is 0 Å². The predicted octanol–water partition coefficient (Wildman–Crippen LogP) is 8.80. The van der Waals surface area contributed by atoms with Gasteiger partial charge >= 0.3 is 6.01 Å². The third kappa shape index (κ3) is 2.61. The first kappa shape index (κ1) is 19.5. The van der Waals surface area contributed by atoms with E-state index in [0.717, 1.165) is 38.7 Å². The maximum atomic E-state index is 6.53. The minimum absolute atomic E-state index is 0.554. The van der Waals surface area contributed by atoms with Crippen LogP contribution >= 0.6 is 0 Å². The number of hydrogen-bond acceptors (Lipinski definition) is 3. The summed E-state index contributed by atoms with van der Waals surface area (Å²) < 4.78 is 14.4.